The fourth-order valence-corrected chi connectivity index (χ4v) is 1.61. The molecule has 2 rings (SSSR count). The molecule has 0 N–H and O–H groups in total. The van der Waals surface area contributed by atoms with E-state index in [1.54, 1.807) is 24.3 Å². The van der Waals surface area contributed by atoms with Gasteiger partial charge in [0.25, 0.3) is 5.69 Å². The van der Waals surface area contributed by atoms with Crippen LogP contribution < -0.4 is 9.47 Å². The third-order valence-corrected chi connectivity index (χ3v) is 2.58. The van der Waals surface area contributed by atoms with E-state index in [2.05, 4.69) is 0 Å². The van der Waals surface area contributed by atoms with Crippen molar-refractivity contribution in [2.24, 2.45) is 0 Å². The van der Waals surface area contributed by atoms with Gasteiger partial charge in [-0.05, 0) is 24.3 Å². The van der Waals surface area contributed by atoms with Gasteiger partial charge in [-0.3, -0.25) is 10.1 Å². The first-order valence-corrected chi connectivity index (χ1v) is 5.71. The molecule has 0 unspecified atom stereocenters. The molecule has 0 radical (unpaired) electrons. The fourth-order valence-electron chi connectivity index (χ4n) is 1.61. The summed E-state index contributed by atoms with van der Waals surface area (Å²) in [5.41, 5.74) is 0.218. The number of hydrogen-bond donors (Lipinski definition) is 0. The maximum Gasteiger partial charge on any atom is 0.347 e. The van der Waals surface area contributed by atoms with Crippen molar-refractivity contribution in [3.8, 4) is 11.5 Å². The Morgan fingerprint density at radius 1 is 1.10 bits per heavy atom. The molecule has 0 fully saturated rings. The number of nitro benzene ring substituents is 1. The van der Waals surface area contributed by atoms with E-state index in [1.807, 2.05) is 0 Å². The zero-order valence-electron chi connectivity index (χ0n) is 10.6. The lowest BCUT2D eigenvalue weighted by atomic mass is 10.2. The van der Waals surface area contributed by atoms with E-state index in [0.29, 0.717) is 5.75 Å². The number of para-hydroxylation sites is 1. The van der Waals surface area contributed by atoms with E-state index >= 15 is 0 Å². The standard InChI is InChI=1S/C14H11NO5/c1-19-13-5-3-2-4-12(13)14(16)20-11-8-6-10(7-9-11)15(17)18/h2-9H,1H3. The highest BCUT2D eigenvalue weighted by Gasteiger charge is 2.14. The Hall–Kier alpha value is -2.89. The van der Waals surface area contributed by atoms with Crippen molar-refractivity contribution in [3.05, 3.63) is 64.2 Å². The second-order valence-electron chi connectivity index (χ2n) is 3.84. The number of nitro groups is 1. The van der Waals surface area contributed by atoms with Crippen molar-refractivity contribution in [1.29, 1.82) is 0 Å². The number of hydrogen-bond acceptors (Lipinski definition) is 5. The van der Waals surface area contributed by atoms with Gasteiger partial charge in [-0.1, -0.05) is 12.1 Å². The summed E-state index contributed by atoms with van der Waals surface area (Å²) in [4.78, 5) is 22.0. The van der Waals surface area contributed by atoms with Crippen molar-refractivity contribution in [3.63, 3.8) is 0 Å². The van der Waals surface area contributed by atoms with Crippen LogP contribution in [0.25, 0.3) is 0 Å². The number of benzene rings is 2. The van der Waals surface area contributed by atoms with E-state index in [1.165, 1.54) is 31.4 Å². The predicted octanol–water partition coefficient (Wildman–Crippen LogP) is 2.82. The zero-order valence-corrected chi connectivity index (χ0v) is 10.6. The van der Waals surface area contributed by atoms with Crippen LogP contribution in [0.4, 0.5) is 5.69 Å². The van der Waals surface area contributed by atoms with Gasteiger partial charge in [0.15, 0.2) is 0 Å². The first-order chi connectivity index (χ1) is 9.61. The van der Waals surface area contributed by atoms with Crippen LogP contribution in [-0.2, 0) is 0 Å². The Balaban J connectivity index is 2.17. The van der Waals surface area contributed by atoms with Crippen LogP contribution in [0.2, 0.25) is 0 Å². The summed E-state index contributed by atoms with van der Waals surface area (Å²) in [6.07, 6.45) is 0. The topological polar surface area (TPSA) is 78.7 Å². The predicted molar refractivity (Wildman–Crippen MR) is 71.0 cm³/mol. The smallest absolute Gasteiger partial charge is 0.347 e. The Bertz CT molecular complexity index is 636. The monoisotopic (exact) mass is 273 g/mol. The van der Waals surface area contributed by atoms with Crippen molar-refractivity contribution in [2.45, 2.75) is 0 Å². The van der Waals surface area contributed by atoms with Crippen molar-refractivity contribution in [2.75, 3.05) is 7.11 Å². The zero-order chi connectivity index (χ0) is 14.5. The maximum absolute atomic E-state index is 12.0. The van der Waals surface area contributed by atoms with Gasteiger partial charge in [-0.25, -0.2) is 4.79 Å². The molecule has 0 spiro atoms. The summed E-state index contributed by atoms with van der Waals surface area (Å²) in [5.74, 6) is 0.0437. The molecule has 0 saturated carbocycles. The first-order valence-electron chi connectivity index (χ1n) is 5.71. The van der Waals surface area contributed by atoms with Gasteiger partial charge in [0.2, 0.25) is 0 Å². The van der Waals surface area contributed by atoms with Gasteiger partial charge in [0, 0.05) is 12.1 Å². The van der Waals surface area contributed by atoms with Crippen LogP contribution in [0.5, 0.6) is 11.5 Å². The number of esters is 1. The number of rotatable bonds is 4. The molecule has 20 heavy (non-hydrogen) atoms. The number of carbonyl (C=O) groups excluding carboxylic acids is 1. The van der Waals surface area contributed by atoms with Gasteiger partial charge in [0.05, 0.1) is 12.0 Å². The molecule has 0 aromatic heterocycles. The first kappa shape index (κ1) is 13.5. The Kier molecular flexibility index (Phi) is 3.95. The van der Waals surface area contributed by atoms with E-state index in [9.17, 15) is 14.9 Å². The van der Waals surface area contributed by atoms with E-state index < -0.39 is 10.9 Å². The van der Waals surface area contributed by atoms with Crippen LogP contribution in [0.1, 0.15) is 10.4 Å². The van der Waals surface area contributed by atoms with Gasteiger partial charge in [0.1, 0.15) is 17.1 Å². The molecule has 0 saturated heterocycles. The molecular weight excluding hydrogens is 262 g/mol. The maximum atomic E-state index is 12.0. The minimum Gasteiger partial charge on any atom is -0.496 e. The minimum atomic E-state index is -0.587. The number of nitrogens with zero attached hydrogens (tertiary/aromatic N) is 1. The van der Waals surface area contributed by atoms with Crippen LogP contribution >= 0.6 is 0 Å². The average molecular weight is 273 g/mol. The lowest BCUT2D eigenvalue weighted by Gasteiger charge is -2.07. The summed E-state index contributed by atoms with van der Waals surface area (Å²) < 4.78 is 10.2. The molecule has 0 heterocycles. The average Bonchev–Trinajstić information content (AvgIpc) is 2.47. The number of non-ortho nitro benzene ring substituents is 1. The Morgan fingerprint density at radius 2 is 1.75 bits per heavy atom. The van der Waals surface area contributed by atoms with E-state index in [-0.39, 0.29) is 17.0 Å². The molecule has 0 amide bonds. The molecular formula is C14H11NO5. The van der Waals surface area contributed by atoms with Gasteiger partial charge in [-0.15, -0.1) is 0 Å². The summed E-state index contributed by atoms with van der Waals surface area (Å²) >= 11 is 0. The molecule has 6 heteroatoms. The fraction of sp³-hybridized carbons (Fsp3) is 0.0714. The quantitative estimate of drug-likeness (QED) is 0.370. The minimum absolute atomic E-state index is 0.0675. The van der Waals surface area contributed by atoms with Crippen LogP contribution in [0.15, 0.2) is 48.5 Å². The second-order valence-corrected chi connectivity index (χ2v) is 3.84. The van der Waals surface area contributed by atoms with Crippen molar-refractivity contribution >= 4 is 11.7 Å². The third kappa shape index (κ3) is 2.92. The molecule has 102 valence electrons. The normalized spacial score (nSPS) is 9.85. The van der Waals surface area contributed by atoms with Gasteiger partial charge < -0.3 is 9.47 Å². The summed E-state index contributed by atoms with van der Waals surface area (Å²) in [7, 11) is 1.46. The molecule has 0 aliphatic carbocycles. The molecule has 0 atom stereocenters. The highest BCUT2D eigenvalue weighted by atomic mass is 16.6. The van der Waals surface area contributed by atoms with E-state index in [0.717, 1.165) is 0 Å². The van der Waals surface area contributed by atoms with Crippen molar-refractivity contribution < 1.29 is 19.2 Å². The number of ether oxygens (including phenoxy) is 2. The summed E-state index contributed by atoms with van der Waals surface area (Å²) in [6.45, 7) is 0. The molecule has 2 aromatic rings. The highest BCUT2D eigenvalue weighted by Crippen LogP contribution is 2.22. The van der Waals surface area contributed by atoms with Crippen LogP contribution in [0, 0.1) is 10.1 Å². The summed E-state index contributed by atoms with van der Waals surface area (Å²) in [6, 6.07) is 11.9. The second kappa shape index (κ2) is 5.83. The van der Waals surface area contributed by atoms with Crippen molar-refractivity contribution in [1.82, 2.24) is 0 Å². The van der Waals surface area contributed by atoms with Gasteiger partial charge >= 0.3 is 5.97 Å². The highest BCUT2D eigenvalue weighted by molar-refractivity contribution is 5.93. The number of methoxy groups -OCH3 is 1. The van der Waals surface area contributed by atoms with Crippen LogP contribution in [0.3, 0.4) is 0 Å². The van der Waals surface area contributed by atoms with E-state index in [4.69, 9.17) is 9.47 Å². The molecule has 0 aliphatic heterocycles. The third-order valence-electron chi connectivity index (χ3n) is 2.58. The largest absolute Gasteiger partial charge is 0.496 e. The summed E-state index contributed by atoms with van der Waals surface area (Å²) in [5, 5.41) is 10.5. The SMILES string of the molecule is COc1ccccc1C(=O)Oc1ccc([N+](=O)[O-])cc1. The molecule has 6 nitrogen and oxygen atoms in total. The number of carbonyl (C=O) groups is 1. The Morgan fingerprint density at radius 3 is 2.35 bits per heavy atom. The molecule has 2 aromatic carbocycles. The lowest BCUT2D eigenvalue weighted by molar-refractivity contribution is -0.384. The lowest BCUT2D eigenvalue weighted by Crippen LogP contribution is -2.10. The molecule has 0 bridgehead atoms. The van der Waals surface area contributed by atoms with Crippen LogP contribution in [-0.4, -0.2) is 18.0 Å². The van der Waals surface area contributed by atoms with Gasteiger partial charge in [-0.2, -0.15) is 0 Å². The molecule has 0 aliphatic rings. The Labute approximate surface area is 114 Å².